The first-order chi connectivity index (χ1) is 14.2. The van der Waals surface area contributed by atoms with Gasteiger partial charge < -0.3 is 10.4 Å². The second kappa shape index (κ2) is 8.67. The van der Waals surface area contributed by atoms with Gasteiger partial charge in [-0.25, -0.2) is 12.8 Å². The van der Waals surface area contributed by atoms with Gasteiger partial charge in [-0.2, -0.15) is 0 Å². The largest absolute Gasteiger partial charge is 0.480 e. The van der Waals surface area contributed by atoms with Gasteiger partial charge in [0.2, 0.25) is 0 Å². The molecule has 0 atom stereocenters. The van der Waals surface area contributed by atoms with Gasteiger partial charge in [0.25, 0.3) is 0 Å². The number of sulfone groups is 1. The summed E-state index contributed by atoms with van der Waals surface area (Å²) in [6.07, 6.45) is 0. The minimum absolute atomic E-state index is 0.0706. The number of rotatable bonds is 7. The molecule has 0 amide bonds. The third-order valence-corrected chi connectivity index (χ3v) is 6.46. The van der Waals surface area contributed by atoms with Gasteiger partial charge >= 0.3 is 5.97 Å². The summed E-state index contributed by atoms with van der Waals surface area (Å²) in [5.41, 5.74) is 5.04. The number of nitrogens with one attached hydrogen (secondary N) is 1. The third kappa shape index (κ3) is 4.86. The van der Waals surface area contributed by atoms with Crippen molar-refractivity contribution in [2.75, 3.05) is 11.1 Å². The molecule has 3 aromatic rings. The van der Waals surface area contributed by atoms with E-state index in [1.165, 1.54) is 30.3 Å². The van der Waals surface area contributed by atoms with E-state index in [1.807, 2.05) is 44.2 Å². The second-order valence-corrected chi connectivity index (χ2v) is 9.09. The Bertz CT molecular complexity index is 1190. The van der Waals surface area contributed by atoms with E-state index in [9.17, 15) is 17.6 Å². The lowest BCUT2D eigenvalue weighted by Gasteiger charge is -2.14. The number of halogens is 1. The van der Waals surface area contributed by atoms with Crippen molar-refractivity contribution >= 4 is 21.5 Å². The molecule has 0 aromatic heterocycles. The van der Waals surface area contributed by atoms with Crippen molar-refractivity contribution in [1.29, 1.82) is 0 Å². The van der Waals surface area contributed by atoms with E-state index >= 15 is 0 Å². The zero-order valence-electron chi connectivity index (χ0n) is 16.6. The van der Waals surface area contributed by atoms with Crippen LogP contribution in [0.4, 0.5) is 10.1 Å². The number of carboxylic acid groups (broad SMARTS) is 1. The molecule has 3 aromatic carbocycles. The van der Waals surface area contributed by atoms with Crippen LogP contribution in [-0.2, 0) is 21.2 Å². The van der Waals surface area contributed by atoms with Gasteiger partial charge in [0, 0.05) is 17.8 Å². The van der Waals surface area contributed by atoms with E-state index in [0.717, 1.165) is 22.3 Å². The molecule has 30 heavy (non-hydrogen) atoms. The lowest BCUT2D eigenvalue weighted by atomic mass is 9.94. The molecule has 2 N–H and O–H groups in total. The highest BCUT2D eigenvalue weighted by molar-refractivity contribution is 7.92. The molecule has 0 fully saturated rings. The van der Waals surface area contributed by atoms with E-state index in [2.05, 4.69) is 5.32 Å². The van der Waals surface area contributed by atoms with Crippen molar-refractivity contribution in [1.82, 2.24) is 0 Å². The van der Waals surface area contributed by atoms with Crippen LogP contribution in [0.25, 0.3) is 11.1 Å². The predicted octanol–water partition coefficient (Wildman–Crippen LogP) is 4.58. The molecule has 0 bridgehead atoms. The number of aryl methyl sites for hydroxylation is 2. The van der Waals surface area contributed by atoms with Gasteiger partial charge in [-0.15, -0.1) is 0 Å². The monoisotopic (exact) mass is 427 g/mol. The van der Waals surface area contributed by atoms with Crippen LogP contribution >= 0.6 is 0 Å². The molecule has 156 valence electrons. The maximum absolute atomic E-state index is 14.5. The maximum atomic E-state index is 14.5. The Morgan fingerprint density at radius 1 is 0.967 bits per heavy atom. The number of benzene rings is 3. The highest BCUT2D eigenvalue weighted by Crippen LogP contribution is 2.29. The highest BCUT2D eigenvalue weighted by atomic mass is 32.2. The Kier molecular flexibility index (Phi) is 6.22. The number of hydrogen-bond donors (Lipinski definition) is 2. The number of aliphatic carboxylic acids is 1. The molecule has 7 heteroatoms. The molecule has 0 aliphatic carbocycles. The van der Waals surface area contributed by atoms with Crippen molar-refractivity contribution in [3.8, 4) is 11.1 Å². The Hall–Kier alpha value is -3.19. The number of carboxylic acids is 1. The fourth-order valence-electron chi connectivity index (χ4n) is 3.24. The molecular weight excluding hydrogens is 405 g/mol. The smallest absolute Gasteiger partial charge is 0.319 e. The normalized spacial score (nSPS) is 11.3. The summed E-state index contributed by atoms with van der Waals surface area (Å²) in [6, 6.07) is 17.0. The summed E-state index contributed by atoms with van der Waals surface area (Å²) in [5.74, 6) is -2.69. The zero-order valence-corrected chi connectivity index (χ0v) is 17.5. The standard InChI is InChI=1S/C23H22FNO4S/c1-15-5-3-4-6-20(15)21-12-17(22(24)11-16(21)2)13-25-18-7-9-19(10-8-18)30(28,29)14-23(26)27/h3-12,25H,13-14H2,1-2H3,(H,26,27). The van der Waals surface area contributed by atoms with E-state index < -0.39 is 21.6 Å². The van der Waals surface area contributed by atoms with Crippen LogP contribution in [0.5, 0.6) is 0 Å². The molecule has 0 aliphatic heterocycles. The van der Waals surface area contributed by atoms with Gasteiger partial charge in [0.05, 0.1) is 4.90 Å². The molecular formula is C23H22FNO4S. The van der Waals surface area contributed by atoms with Gasteiger partial charge in [-0.1, -0.05) is 24.3 Å². The summed E-state index contributed by atoms with van der Waals surface area (Å²) in [6.45, 7) is 4.10. The molecule has 0 saturated heterocycles. The highest BCUT2D eigenvalue weighted by Gasteiger charge is 2.18. The van der Waals surface area contributed by atoms with Crippen LogP contribution < -0.4 is 5.32 Å². The first kappa shape index (κ1) is 21.5. The van der Waals surface area contributed by atoms with E-state index in [4.69, 9.17) is 5.11 Å². The summed E-state index contributed by atoms with van der Waals surface area (Å²) in [5, 5.41) is 11.8. The molecule has 0 heterocycles. The minimum atomic E-state index is -3.88. The van der Waals surface area contributed by atoms with Crippen LogP contribution in [0, 0.1) is 19.7 Å². The summed E-state index contributed by atoms with van der Waals surface area (Å²) in [7, 11) is -3.88. The van der Waals surface area contributed by atoms with Crippen LogP contribution in [0.3, 0.4) is 0 Å². The van der Waals surface area contributed by atoms with Crippen LogP contribution in [0.15, 0.2) is 65.6 Å². The van der Waals surface area contributed by atoms with E-state index in [0.29, 0.717) is 11.3 Å². The van der Waals surface area contributed by atoms with E-state index in [-0.39, 0.29) is 17.3 Å². The fraction of sp³-hybridized carbons (Fsp3) is 0.174. The second-order valence-electron chi connectivity index (χ2n) is 7.10. The van der Waals surface area contributed by atoms with Crippen molar-refractivity contribution in [2.24, 2.45) is 0 Å². The lowest BCUT2D eigenvalue weighted by molar-refractivity contribution is -0.134. The van der Waals surface area contributed by atoms with Crippen molar-refractivity contribution < 1.29 is 22.7 Å². The van der Waals surface area contributed by atoms with Gasteiger partial charge in [0.1, 0.15) is 5.82 Å². The van der Waals surface area contributed by atoms with Gasteiger partial charge in [0.15, 0.2) is 15.6 Å². The van der Waals surface area contributed by atoms with Crippen LogP contribution in [0.2, 0.25) is 0 Å². The molecule has 0 spiro atoms. The molecule has 0 aliphatic rings. The topological polar surface area (TPSA) is 83.5 Å². The number of hydrogen-bond acceptors (Lipinski definition) is 4. The Balaban J connectivity index is 1.80. The number of carbonyl (C=O) groups is 1. The first-order valence-corrected chi connectivity index (χ1v) is 11.0. The Morgan fingerprint density at radius 2 is 1.63 bits per heavy atom. The first-order valence-electron chi connectivity index (χ1n) is 9.31. The minimum Gasteiger partial charge on any atom is -0.480 e. The van der Waals surface area contributed by atoms with E-state index in [1.54, 1.807) is 0 Å². The summed E-state index contributed by atoms with van der Waals surface area (Å²) >= 11 is 0. The van der Waals surface area contributed by atoms with Gasteiger partial charge in [-0.3, -0.25) is 4.79 Å². The molecule has 0 unspecified atom stereocenters. The van der Waals surface area contributed by atoms with Crippen molar-refractivity contribution in [3.05, 3.63) is 83.2 Å². The Labute approximate surface area is 175 Å². The van der Waals surface area contributed by atoms with Crippen molar-refractivity contribution in [3.63, 3.8) is 0 Å². The average Bonchev–Trinajstić information content (AvgIpc) is 2.67. The lowest BCUT2D eigenvalue weighted by Crippen LogP contribution is -2.15. The molecule has 0 saturated carbocycles. The summed E-state index contributed by atoms with van der Waals surface area (Å²) < 4.78 is 38.4. The SMILES string of the molecule is Cc1ccccc1-c1cc(CNc2ccc(S(=O)(=O)CC(=O)O)cc2)c(F)cc1C. The Morgan fingerprint density at radius 3 is 2.27 bits per heavy atom. The zero-order chi connectivity index (χ0) is 21.9. The third-order valence-electron chi connectivity index (χ3n) is 4.84. The summed E-state index contributed by atoms with van der Waals surface area (Å²) in [4.78, 5) is 10.6. The maximum Gasteiger partial charge on any atom is 0.319 e. The molecule has 3 rings (SSSR count). The predicted molar refractivity (Wildman–Crippen MR) is 115 cm³/mol. The van der Waals surface area contributed by atoms with Crippen molar-refractivity contribution in [2.45, 2.75) is 25.3 Å². The number of anilines is 1. The van der Waals surface area contributed by atoms with Gasteiger partial charge in [-0.05, 0) is 72.5 Å². The molecule has 0 radical (unpaired) electrons. The quantitative estimate of drug-likeness (QED) is 0.577. The van der Waals surface area contributed by atoms with Crippen LogP contribution in [0.1, 0.15) is 16.7 Å². The average molecular weight is 427 g/mol. The fourth-order valence-corrected chi connectivity index (χ4v) is 4.28. The van der Waals surface area contributed by atoms with Crippen LogP contribution in [-0.4, -0.2) is 25.2 Å². The molecule has 5 nitrogen and oxygen atoms in total.